The fourth-order valence-corrected chi connectivity index (χ4v) is 3.01. The van der Waals surface area contributed by atoms with Crippen LogP contribution in [0, 0.1) is 0 Å². The van der Waals surface area contributed by atoms with Gasteiger partial charge in [-0.1, -0.05) is 6.07 Å². The minimum Gasteiger partial charge on any atom is -0.493 e. The molecule has 0 spiro atoms. The number of rotatable bonds is 4. The van der Waals surface area contributed by atoms with Crippen molar-refractivity contribution in [3.8, 4) is 22.6 Å². The van der Waals surface area contributed by atoms with Crippen LogP contribution in [-0.4, -0.2) is 29.5 Å². The second-order valence-corrected chi connectivity index (χ2v) is 5.63. The number of methoxy groups -OCH3 is 2. The zero-order chi connectivity index (χ0) is 16.4. The Kier molecular flexibility index (Phi) is 4.12. The number of carbonyl (C=O) groups excluding carboxylic acids is 1. The van der Waals surface area contributed by atoms with Gasteiger partial charge >= 0.3 is 0 Å². The molecule has 0 aliphatic carbocycles. The Hall–Kier alpha value is -2.67. The number of nitrogens with one attached hydrogen (secondary N) is 1. The molecule has 118 valence electrons. The normalized spacial score (nSPS) is 10.6. The highest BCUT2D eigenvalue weighted by molar-refractivity contribution is 7.12. The third-order valence-corrected chi connectivity index (χ3v) is 4.09. The number of aromatic nitrogens is 2. The molecule has 0 saturated heterocycles. The molecule has 3 aromatic rings. The van der Waals surface area contributed by atoms with Crippen molar-refractivity contribution in [2.24, 2.45) is 0 Å². The molecule has 0 atom stereocenters. The zero-order valence-corrected chi connectivity index (χ0v) is 13.7. The molecule has 2 heterocycles. The highest BCUT2D eigenvalue weighted by atomic mass is 32.1. The van der Waals surface area contributed by atoms with E-state index in [9.17, 15) is 4.79 Å². The summed E-state index contributed by atoms with van der Waals surface area (Å²) in [7, 11) is 3.20. The van der Waals surface area contributed by atoms with Crippen molar-refractivity contribution in [1.82, 2.24) is 9.36 Å². The van der Waals surface area contributed by atoms with Crippen molar-refractivity contribution in [3.63, 3.8) is 0 Å². The first kappa shape index (κ1) is 15.2. The molecular weight excluding hydrogens is 314 g/mol. The van der Waals surface area contributed by atoms with Crippen LogP contribution in [0.25, 0.3) is 22.2 Å². The summed E-state index contributed by atoms with van der Waals surface area (Å²) in [5.41, 5.74) is 3.30. The molecule has 0 radical (unpaired) electrons. The molecule has 7 heteroatoms. The lowest BCUT2D eigenvalue weighted by molar-refractivity contribution is -0.114. The maximum Gasteiger partial charge on any atom is 0.221 e. The fourth-order valence-electron chi connectivity index (χ4n) is 2.25. The summed E-state index contributed by atoms with van der Waals surface area (Å²) in [4.78, 5) is 15.6. The number of amides is 1. The van der Waals surface area contributed by atoms with Crippen LogP contribution in [0.3, 0.4) is 0 Å². The fraction of sp³-hybridized carbons (Fsp3) is 0.188. The summed E-state index contributed by atoms with van der Waals surface area (Å²) in [5, 5.41) is 3.40. The van der Waals surface area contributed by atoms with Gasteiger partial charge in [-0.25, -0.2) is 0 Å². The summed E-state index contributed by atoms with van der Waals surface area (Å²) in [6.07, 6.45) is 1.75. The first-order chi connectivity index (χ1) is 11.1. The molecule has 2 aromatic heterocycles. The van der Waals surface area contributed by atoms with Crippen LogP contribution in [0.1, 0.15) is 6.92 Å². The third kappa shape index (κ3) is 2.95. The lowest BCUT2D eigenvalue weighted by atomic mass is 10.1. The van der Waals surface area contributed by atoms with Crippen LogP contribution >= 0.6 is 11.5 Å². The average Bonchev–Trinajstić information content (AvgIpc) is 2.95. The van der Waals surface area contributed by atoms with Crippen LogP contribution in [0.4, 0.5) is 5.00 Å². The van der Waals surface area contributed by atoms with Gasteiger partial charge in [-0.15, -0.1) is 0 Å². The lowest BCUT2D eigenvalue weighted by Crippen LogP contribution is -2.04. The number of hydrogen-bond acceptors (Lipinski definition) is 6. The van der Waals surface area contributed by atoms with E-state index < -0.39 is 0 Å². The summed E-state index contributed by atoms with van der Waals surface area (Å²) >= 11 is 1.22. The first-order valence-corrected chi connectivity index (χ1v) is 7.65. The molecule has 0 fully saturated rings. The predicted molar refractivity (Wildman–Crippen MR) is 90.3 cm³/mol. The Morgan fingerprint density at radius 2 is 1.91 bits per heavy atom. The first-order valence-electron chi connectivity index (χ1n) is 6.88. The number of anilines is 1. The number of hydrogen-bond donors (Lipinski definition) is 1. The van der Waals surface area contributed by atoms with Gasteiger partial charge in [-0.3, -0.25) is 9.78 Å². The molecule has 0 saturated carbocycles. The van der Waals surface area contributed by atoms with Gasteiger partial charge in [-0.2, -0.15) is 4.37 Å². The van der Waals surface area contributed by atoms with Crippen LogP contribution < -0.4 is 14.8 Å². The Balaban J connectivity index is 2.02. The monoisotopic (exact) mass is 329 g/mol. The van der Waals surface area contributed by atoms with Crippen LogP contribution in [0.2, 0.25) is 0 Å². The Morgan fingerprint density at radius 3 is 2.61 bits per heavy atom. The second-order valence-electron chi connectivity index (χ2n) is 4.85. The minimum atomic E-state index is -0.138. The molecule has 6 nitrogen and oxygen atoms in total. The van der Waals surface area contributed by atoms with Gasteiger partial charge in [0.1, 0.15) is 16.0 Å². The van der Waals surface area contributed by atoms with E-state index in [1.807, 2.05) is 24.3 Å². The van der Waals surface area contributed by atoms with Gasteiger partial charge in [-0.05, 0) is 35.3 Å². The number of pyridine rings is 1. The number of nitrogens with zero attached hydrogens (tertiary/aromatic N) is 2. The number of benzene rings is 1. The smallest absolute Gasteiger partial charge is 0.221 e. The molecule has 0 bridgehead atoms. The van der Waals surface area contributed by atoms with E-state index in [0.717, 1.165) is 16.6 Å². The molecule has 1 amide bonds. The van der Waals surface area contributed by atoms with Gasteiger partial charge in [0.2, 0.25) is 5.91 Å². The number of fused-ring (bicyclic) bond motifs is 1. The highest BCUT2D eigenvalue weighted by Crippen LogP contribution is 2.34. The molecule has 1 N–H and O–H groups in total. The van der Waals surface area contributed by atoms with Crippen molar-refractivity contribution in [2.45, 2.75) is 6.92 Å². The van der Waals surface area contributed by atoms with Crippen LogP contribution in [0.5, 0.6) is 11.5 Å². The molecule has 3 rings (SSSR count). The number of ether oxygens (including phenoxy) is 2. The summed E-state index contributed by atoms with van der Waals surface area (Å²) in [6, 6.07) is 7.61. The van der Waals surface area contributed by atoms with Crippen LogP contribution in [-0.2, 0) is 4.79 Å². The van der Waals surface area contributed by atoms with E-state index >= 15 is 0 Å². The summed E-state index contributed by atoms with van der Waals surface area (Å²) in [5.74, 6) is 1.19. The van der Waals surface area contributed by atoms with Crippen molar-refractivity contribution in [2.75, 3.05) is 19.5 Å². The van der Waals surface area contributed by atoms with Crippen molar-refractivity contribution in [3.05, 3.63) is 30.5 Å². The van der Waals surface area contributed by atoms with E-state index in [4.69, 9.17) is 9.47 Å². The van der Waals surface area contributed by atoms with Crippen LogP contribution in [0.15, 0.2) is 30.5 Å². The van der Waals surface area contributed by atoms with E-state index in [1.54, 1.807) is 20.4 Å². The largest absolute Gasteiger partial charge is 0.493 e. The molecule has 23 heavy (non-hydrogen) atoms. The molecular formula is C16H15N3O3S. The molecule has 0 aliphatic rings. The maximum absolute atomic E-state index is 11.2. The number of carbonyl (C=O) groups is 1. The van der Waals surface area contributed by atoms with E-state index in [1.165, 1.54) is 18.5 Å². The molecule has 1 aromatic carbocycles. The predicted octanol–water partition coefficient (Wildman–Crippen LogP) is 3.33. The highest BCUT2D eigenvalue weighted by Gasteiger charge is 2.12. The standard InChI is InChI=1S/C16H15N3O3S/c1-9(20)18-16-15-12(19-23-16)6-11(8-17-15)10-4-5-13(21-2)14(7-10)22-3/h4-8H,1-3H3,(H,18,20). The second kappa shape index (κ2) is 6.21. The molecule has 0 unspecified atom stereocenters. The minimum absolute atomic E-state index is 0.138. The van der Waals surface area contributed by atoms with E-state index in [-0.39, 0.29) is 5.91 Å². The summed E-state index contributed by atoms with van der Waals surface area (Å²) in [6.45, 7) is 1.46. The Bertz CT molecular complexity index is 876. The van der Waals surface area contributed by atoms with Crippen molar-refractivity contribution >= 4 is 33.5 Å². The third-order valence-electron chi connectivity index (χ3n) is 3.32. The summed E-state index contributed by atoms with van der Waals surface area (Å²) < 4.78 is 14.9. The van der Waals surface area contributed by atoms with E-state index in [0.29, 0.717) is 22.0 Å². The Morgan fingerprint density at radius 1 is 1.13 bits per heavy atom. The van der Waals surface area contributed by atoms with Crippen molar-refractivity contribution < 1.29 is 14.3 Å². The van der Waals surface area contributed by atoms with Crippen molar-refractivity contribution in [1.29, 1.82) is 0 Å². The zero-order valence-electron chi connectivity index (χ0n) is 12.9. The van der Waals surface area contributed by atoms with Gasteiger partial charge in [0.05, 0.1) is 14.2 Å². The quantitative estimate of drug-likeness (QED) is 0.795. The van der Waals surface area contributed by atoms with Gasteiger partial charge in [0, 0.05) is 18.7 Å². The average molecular weight is 329 g/mol. The molecule has 0 aliphatic heterocycles. The van der Waals surface area contributed by atoms with E-state index in [2.05, 4.69) is 14.7 Å². The van der Waals surface area contributed by atoms with Gasteiger partial charge in [0.15, 0.2) is 11.5 Å². The maximum atomic E-state index is 11.2. The SMILES string of the molecule is COc1ccc(-c2cnc3c(NC(C)=O)snc3c2)cc1OC. The topological polar surface area (TPSA) is 73.3 Å². The van der Waals surface area contributed by atoms with Gasteiger partial charge in [0.25, 0.3) is 0 Å². The lowest BCUT2D eigenvalue weighted by Gasteiger charge is -2.09. The van der Waals surface area contributed by atoms with Gasteiger partial charge < -0.3 is 14.8 Å². The Labute approximate surface area is 137 Å².